The molecule has 0 bridgehead atoms. The number of carbonyl (C=O) groups excluding carboxylic acids is 1. The SMILES string of the molecule is CC1CC(C)C(C)N(C(=O)CCc2ccc(N)cc2)C1. The molecule has 20 heavy (non-hydrogen) atoms. The number of piperidine rings is 1. The molecule has 110 valence electrons. The summed E-state index contributed by atoms with van der Waals surface area (Å²) in [6.07, 6.45) is 2.61. The predicted molar refractivity (Wildman–Crippen MR) is 83.3 cm³/mol. The molecule has 0 saturated carbocycles. The molecule has 1 fully saturated rings. The molecule has 0 aromatic heterocycles. The van der Waals surface area contributed by atoms with Crippen molar-refractivity contribution in [2.24, 2.45) is 11.8 Å². The van der Waals surface area contributed by atoms with E-state index < -0.39 is 0 Å². The van der Waals surface area contributed by atoms with Crippen LogP contribution in [0.2, 0.25) is 0 Å². The second kappa shape index (κ2) is 6.29. The number of hydrogen-bond donors (Lipinski definition) is 1. The summed E-state index contributed by atoms with van der Waals surface area (Å²) < 4.78 is 0. The molecule has 1 heterocycles. The van der Waals surface area contributed by atoms with Crippen LogP contribution in [0.4, 0.5) is 5.69 Å². The zero-order valence-corrected chi connectivity index (χ0v) is 12.8. The Hall–Kier alpha value is -1.51. The number of carbonyl (C=O) groups is 1. The van der Waals surface area contributed by atoms with Crippen LogP contribution in [0.15, 0.2) is 24.3 Å². The Kier molecular flexibility index (Phi) is 4.69. The maximum atomic E-state index is 12.4. The van der Waals surface area contributed by atoms with E-state index in [0.29, 0.717) is 24.3 Å². The van der Waals surface area contributed by atoms with Crippen molar-refractivity contribution >= 4 is 11.6 Å². The topological polar surface area (TPSA) is 46.3 Å². The number of nitrogens with zero attached hydrogens (tertiary/aromatic N) is 1. The van der Waals surface area contributed by atoms with Crippen LogP contribution in [0.5, 0.6) is 0 Å². The first kappa shape index (κ1) is 14.9. The molecule has 0 aliphatic carbocycles. The Morgan fingerprint density at radius 3 is 2.55 bits per heavy atom. The molecule has 3 heteroatoms. The van der Waals surface area contributed by atoms with Crippen LogP contribution in [0.25, 0.3) is 0 Å². The van der Waals surface area contributed by atoms with E-state index in [9.17, 15) is 4.79 Å². The van der Waals surface area contributed by atoms with Gasteiger partial charge in [0, 0.05) is 24.7 Å². The number of likely N-dealkylation sites (tertiary alicyclic amines) is 1. The number of hydrogen-bond acceptors (Lipinski definition) is 2. The number of nitrogen functional groups attached to an aromatic ring is 1. The van der Waals surface area contributed by atoms with Gasteiger partial charge in [-0.2, -0.15) is 0 Å². The van der Waals surface area contributed by atoms with E-state index >= 15 is 0 Å². The highest BCUT2D eigenvalue weighted by atomic mass is 16.2. The van der Waals surface area contributed by atoms with Crippen LogP contribution >= 0.6 is 0 Å². The van der Waals surface area contributed by atoms with Crippen molar-refractivity contribution in [1.29, 1.82) is 0 Å². The van der Waals surface area contributed by atoms with E-state index in [2.05, 4.69) is 25.7 Å². The predicted octanol–water partition coefficient (Wildman–Crippen LogP) is 3.09. The normalized spacial score (nSPS) is 26.6. The van der Waals surface area contributed by atoms with Crippen LogP contribution in [0, 0.1) is 11.8 Å². The monoisotopic (exact) mass is 274 g/mol. The fourth-order valence-corrected chi connectivity index (χ4v) is 3.12. The fraction of sp³-hybridized carbons (Fsp3) is 0.588. The average molecular weight is 274 g/mol. The van der Waals surface area contributed by atoms with E-state index in [4.69, 9.17) is 5.73 Å². The Labute approximate surface area is 122 Å². The van der Waals surface area contributed by atoms with Crippen LogP contribution < -0.4 is 5.73 Å². The van der Waals surface area contributed by atoms with Crippen molar-refractivity contribution in [3.8, 4) is 0 Å². The second-order valence-electron chi connectivity index (χ2n) is 6.35. The molecular formula is C17H26N2O. The van der Waals surface area contributed by atoms with Crippen LogP contribution in [0.3, 0.4) is 0 Å². The zero-order chi connectivity index (χ0) is 14.7. The third-order valence-corrected chi connectivity index (χ3v) is 4.53. The molecule has 3 atom stereocenters. The van der Waals surface area contributed by atoms with E-state index in [1.54, 1.807) is 0 Å². The van der Waals surface area contributed by atoms with Crippen molar-refractivity contribution in [3.63, 3.8) is 0 Å². The van der Waals surface area contributed by atoms with Gasteiger partial charge in [0.1, 0.15) is 0 Å². The maximum Gasteiger partial charge on any atom is 0.223 e. The minimum absolute atomic E-state index is 0.285. The highest BCUT2D eigenvalue weighted by Gasteiger charge is 2.31. The lowest BCUT2D eigenvalue weighted by Crippen LogP contribution is -2.48. The van der Waals surface area contributed by atoms with Gasteiger partial charge in [0.2, 0.25) is 5.91 Å². The van der Waals surface area contributed by atoms with Crippen LogP contribution in [0.1, 0.15) is 39.2 Å². The Bertz CT molecular complexity index is 455. The minimum atomic E-state index is 0.285. The summed E-state index contributed by atoms with van der Waals surface area (Å²) in [5.41, 5.74) is 7.62. The van der Waals surface area contributed by atoms with Gasteiger partial charge in [0.25, 0.3) is 0 Å². The summed E-state index contributed by atoms with van der Waals surface area (Å²) in [5, 5.41) is 0. The van der Waals surface area contributed by atoms with Crippen LogP contribution in [-0.2, 0) is 11.2 Å². The third-order valence-electron chi connectivity index (χ3n) is 4.53. The molecule has 1 aromatic carbocycles. The average Bonchev–Trinajstić information content (AvgIpc) is 2.42. The summed E-state index contributed by atoms with van der Waals surface area (Å²) in [6.45, 7) is 7.58. The first-order chi connectivity index (χ1) is 9.47. The first-order valence-corrected chi connectivity index (χ1v) is 7.61. The van der Waals surface area contributed by atoms with Gasteiger partial charge in [0.05, 0.1) is 0 Å². The Balaban J connectivity index is 1.92. The largest absolute Gasteiger partial charge is 0.399 e. The summed E-state index contributed by atoms with van der Waals surface area (Å²) in [7, 11) is 0. The molecule has 1 amide bonds. The Morgan fingerprint density at radius 2 is 1.90 bits per heavy atom. The smallest absolute Gasteiger partial charge is 0.223 e. The minimum Gasteiger partial charge on any atom is -0.399 e. The first-order valence-electron chi connectivity index (χ1n) is 7.61. The van der Waals surface area contributed by atoms with Gasteiger partial charge in [-0.15, -0.1) is 0 Å². The molecule has 2 N–H and O–H groups in total. The molecule has 1 aromatic rings. The van der Waals surface area contributed by atoms with Gasteiger partial charge in [0.15, 0.2) is 0 Å². The maximum absolute atomic E-state index is 12.4. The summed E-state index contributed by atoms with van der Waals surface area (Å²) in [4.78, 5) is 14.5. The van der Waals surface area contributed by atoms with Gasteiger partial charge in [-0.3, -0.25) is 4.79 Å². The van der Waals surface area contributed by atoms with E-state index in [0.717, 1.165) is 18.7 Å². The van der Waals surface area contributed by atoms with Crippen molar-refractivity contribution < 1.29 is 4.79 Å². The number of rotatable bonds is 3. The molecule has 1 saturated heterocycles. The summed E-state index contributed by atoms with van der Waals surface area (Å²) >= 11 is 0. The second-order valence-corrected chi connectivity index (χ2v) is 6.35. The lowest BCUT2D eigenvalue weighted by atomic mass is 9.85. The number of aryl methyl sites for hydroxylation is 1. The number of nitrogens with two attached hydrogens (primary N) is 1. The van der Waals surface area contributed by atoms with E-state index in [-0.39, 0.29) is 5.91 Å². The van der Waals surface area contributed by atoms with E-state index in [1.165, 1.54) is 12.0 Å². The van der Waals surface area contributed by atoms with Gasteiger partial charge >= 0.3 is 0 Å². The van der Waals surface area contributed by atoms with Crippen LogP contribution in [-0.4, -0.2) is 23.4 Å². The molecule has 1 aliphatic heterocycles. The van der Waals surface area contributed by atoms with Crippen molar-refractivity contribution in [2.75, 3.05) is 12.3 Å². The van der Waals surface area contributed by atoms with Crippen molar-refractivity contribution in [1.82, 2.24) is 4.90 Å². The molecule has 0 spiro atoms. The highest BCUT2D eigenvalue weighted by molar-refractivity contribution is 5.77. The number of amides is 1. The van der Waals surface area contributed by atoms with Gasteiger partial charge in [-0.05, 0) is 49.3 Å². The fourth-order valence-electron chi connectivity index (χ4n) is 3.12. The van der Waals surface area contributed by atoms with Crippen molar-refractivity contribution in [2.45, 2.75) is 46.1 Å². The lowest BCUT2D eigenvalue weighted by Gasteiger charge is -2.41. The molecule has 2 rings (SSSR count). The molecule has 3 nitrogen and oxygen atoms in total. The Morgan fingerprint density at radius 1 is 1.25 bits per heavy atom. The van der Waals surface area contributed by atoms with E-state index in [1.807, 2.05) is 24.3 Å². The standard InChI is InChI=1S/C17H26N2O/c1-12-10-13(2)14(3)19(11-12)17(20)9-6-15-4-7-16(18)8-5-15/h4-5,7-8,12-14H,6,9-11,18H2,1-3H3. The number of anilines is 1. The number of benzene rings is 1. The molecular weight excluding hydrogens is 248 g/mol. The van der Waals surface area contributed by atoms with Crippen molar-refractivity contribution in [3.05, 3.63) is 29.8 Å². The van der Waals surface area contributed by atoms with Gasteiger partial charge in [-0.25, -0.2) is 0 Å². The zero-order valence-electron chi connectivity index (χ0n) is 12.8. The quantitative estimate of drug-likeness (QED) is 0.861. The highest BCUT2D eigenvalue weighted by Crippen LogP contribution is 2.27. The molecule has 3 unspecified atom stereocenters. The summed E-state index contributed by atoms with van der Waals surface area (Å²) in [5.74, 6) is 1.49. The third kappa shape index (κ3) is 3.53. The van der Waals surface area contributed by atoms with Gasteiger partial charge in [-0.1, -0.05) is 26.0 Å². The lowest BCUT2D eigenvalue weighted by molar-refractivity contribution is -0.137. The van der Waals surface area contributed by atoms with Gasteiger partial charge < -0.3 is 10.6 Å². The molecule has 0 radical (unpaired) electrons. The summed E-state index contributed by atoms with van der Waals surface area (Å²) in [6, 6.07) is 8.17. The molecule has 1 aliphatic rings.